The van der Waals surface area contributed by atoms with Crippen LogP contribution in [0.4, 0.5) is 9.93 Å². The quantitative estimate of drug-likeness (QED) is 0.778. The lowest BCUT2D eigenvalue weighted by atomic mass is 10.2. The van der Waals surface area contributed by atoms with Crippen molar-refractivity contribution < 1.29 is 23.9 Å². The number of amides is 2. The van der Waals surface area contributed by atoms with Gasteiger partial charge in [0, 0.05) is 24.5 Å². The SMILES string of the molecule is COC(=O)c1nsc(NC(=O)CCNC(=O)OC(C)(C)C)n1. The van der Waals surface area contributed by atoms with E-state index < -0.39 is 17.7 Å². The highest BCUT2D eigenvalue weighted by Crippen LogP contribution is 2.11. The first-order valence-electron chi connectivity index (χ1n) is 6.40. The largest absolute Gasteiger partial charge is 0.463 e. The van der Waals surface area contributed by atoms with E-state index in [-0.39, 0.29) is 29.8 Å². The predicted molar refractivity (Wildman–Crippen MR) is 78.7 cm³/mol. The molecule has 0 aliphatic rings. The van der Waals surface area contributed by atoms with Crippen LogP contribution in [0.3, 0.4) is 0 Å². The fraction of sp³-hybridized carbons (Fsp3) is 0.583. The van der Waals surface area contributed by atoms with Gasteiger partial charge in [0.25, 0.3) is 5.82 Å². The molecule has 0 bridgehead atoms. The van der Waals surface area contributed by atoms with Crippen molar-refractivity contribution in [2.45, 2.75) is 32.8 Å². The number of alkyl carbamates (subject to hydrolysis) is 1. The van der Waals surface area contributed by atoms with Crippen molar-refractivity contribution in [3.05, 3.63) is 5.82 Å². The lowest BCUT2D eigenvalue weighted by Gasteiger charge is -2.19. The molecule has 0 spiro atoms. The molecule has 22 heavy (non-hydrogen) atoms. The predicted octanol–water partition coefficient (Wildman–Crippen LogP) is 1.18. The van der Waals surface area contributed by atoms with Crippen molar-refractivity contribution in [3.63, 3.8) is 0 Å². The maximum Gasteiger partial charge on any atom is 0.407 e. The topological polar surface area (TPSA) is 120 Å². The summed E-state index contributed by atoms with van der Waals surface area (Å²) in [7, 11) is 1.21. The summed E-state index contributed by atoms with van der Waals surface area (Å²) in [6, 6.07) is 0. The summed E-state index contributed by atoms with van der Waals surface area (Å²) >= 11 is 0.863. The molecule has 0 aliphatic heterocycles. The molecular weight excluding hydrogens is 312 g/mol. The van der Waals surface area contributed by atoms with Crippen molar-refractivity contribution in [1.29, 1.82) is 0 Å². The maximum absolute atomic E-state index is 11.6. The molecule has 1 rings (SSSR count). The summed E-state index contributed by atoms with van der Waals surface area (Å²) in [6.45, 7) is 5.35. The molecule has 1 heterocycles. The van der Waals surface area contributed by atoms with Crippen LogP contribution < -0.4 is 10.6 Å². The zero-order valence-electron chi connectivity index (χ0n) is 12.8. The average molecular weight is 330 g/mol. The molecule has 0 radical (unpaired) electrons. The third-order valence-corrected chi connectivity index (χ3v) is 2.69. The molecule has 2 N–H and O–H groups in total. The summed E-state index contributed by atoms with van der Waals surface area (Å²) in [5.41, 5.74) is -0.594. The molecule has 0 aromatic carbocycles. The molecule has 9 nitrogen and oxygen atoms in total. The van der Waals surface area contributed by atoms with E-state index in [2.05, 4.69) is 24.7 Å². The Labute approximate surface area is 131 Å². The van der Waals surface area contributed by atoms with Crippen LogP contribution in [0.25, 0.3) is 0 Å². The monoisotopic (exact) mass is 330 g/mol. The van der Waals surface area contributed by atoms with Gasteiger partial charge in [0.1, 0.15) is 5.60 Å². The Balaban J connectivity index is 2.33. The molecule has 1 aromatic rings. The van der Waals surface area contributed by atoms with Gasteiger partial charge >= 0.3 is 12.1 Å². The number of methoxy groups -OCH3 is 1. The van der Waals surface area contributed by atoms with Gasteiger partial charge in [-0.3, -0.25) is 4.79 Å². The first kappa shape index (κ1) is 17.8. The third kappa shape index (κ3) is 6.48. The van der Waals surface area contributed by atoms with Crippen LogP contribution in [0.5, 0.6) is 0 Å². The van der Waals surface area contributed by atoms with Crippen LogP contribution in [0.15, 0.2) is 0 Å². The van der Waals surface area contributed by atoms with E-state index in [9.17, 15) is 14.4 Å². The highest BCUT2D eigenvalue weighted by atomic mass is 32.1. The van der Waals surface area contributed by atoms with Gasteiger partial charge in [0.2, 0.25) is 11.0 Å². The van der Waals surface area contributed by atoms with Gasteiger partial charge in [-0.15, -0.1) is 0 Å². The number of nitrogens with zero attached hydrogens (tertiary/aromatic N) is 2. The lowest BCUT2D eigenvalue weighted by molar-refractivity contribution is -0.116. The van der Waals surface area contributed by atoms with Gasteiger partial charge in [0.05, 0.1) is 7.11 Å². The number of ether oxygens (including phenoxy) is 2. The van der Waals surface area contributed by atoms with Gasteiger partial charge in [-0.05, 0) is 20.8 Å². The molecule has 0 aliphatic carbocycles. The van der Waals surface area contributed by atoms with E-state index in [0.717, 1.165) is 11.5 Å². The van der Waals surface area contributed by atoms with Gasteiger partial charge in [-0.25, -0.2) is 9.59 Å². The molecule has 0 unspecified atom stereocenters. The van der Waals surface area contributed by atoms with Crippen molar-refractivity contribution in [2.24, 2.45) is 0 Å². The lowest BCUT2D eigenvalue weighted by Crippen LogP contribution is -2.34. The third-order valence-electron chi connectivity index (χ3n) is 2.06. The number of carbonyl (C=O) groups excluding carboxylic acids is 3. The summed E-state index contributed by atoms with van der Waals surface area (Å²) < 4.78 is 13.2. The first-order valence-corrected chi connectivity index (χ1v) is 7.17. The fourth-order valence-corrected chi connectivity index (χ4v) is 1.80. The van der Waals surface area contributed by atoms with Gasteiger partial charge in [-0.2, -0.15) is 9.36 Å². The Morgan fingerprint density at radius 1 is 1.27 bits per heavy atom. The number of esters is 1. The summed E-state index contributed by atoms with van der Waals surface area (Å²) in [5, 5.41) is 5.11. The number of carbonyl (C=O) groups is 3. The molecule has 10 heteroatoms. The second kappa shape index (κ2) is 7.69. The van der Waals surface area contributed by atoms with Crippen molar-refractivity contribution in [2.75, 3.05) is 19.0 Å². The Morgan fingerprint density at radius 3 is 2.55 bits per heavy atom. The number of nitrogens with one attached hydrogen (secondary N) is 2. The van der Waals surface area contributed by atoms with E-state index in [1.54, 1.807) is 20.8 Å². The van der Waals surface area contributed by atoms with Gasteiger partial charge in [-0.1, -0.05) is 0 Å². The molecular formula is C12H18N4O5S. The molecule has 0 saturated heterocycles. The number of aromatic nitrogens is 2. The number of rotatable bonds is 5. The molecule has 0 fully saturated rings. The first-order chi connectivity index (χ1) is 10.2. The normalized spacial score (nSPS) is 10.7. The van der Waals surface area contributed by atoms with Crippen molar-refractivity contribution in [3.8, 4) is 0 Å². The summed E-state index contributed by atoms with van der Waals surface area (Å²) in [4.78, 5) is 38.0. The Hall–Kier alpha value is -2.23. The zero-order chi connectivity index (χ0) is 16.8. The standard InChI is InChI=1S/C12H18N4O5S/c1-12(2,3)21-11(19)13-6-5-7(17)14-10-15-8(16-22-10)9(18)20-4/h5-6H2,1-4H3,(H,13,19)(H,14,15,16,17). The second-order valence-electron chi connectivity index (χ2n) is 5.14. The van der Waals surface area contributed by atoms with Crippen LogP contribution in [0.2, 0.25) is 0 Å². The average Bonchev–Trinajstić information content (AvgIpc) is 2.84. The fourth-order valence-electron chi connectivity index (χ4n) is 1.22. The van der Waals surface area contributed by atoms with E-state index >= 15 is 0 Å². The van der Waals surface area contributed by atoms with Crippen LogP contribution in [-0.4, -0.2) is 46.6 Å². The Morgan fingerprint density at radius 2 is 1.95 bits per heavy atom. The highest BCUT2D eigenvalue weighted by Gasteiger charge is 2.17. The number of hydrogen-bond acceptors (Lipinski definition) is 8. The van der Waals surface area contributed by atoms with Crippen molar-refractivity contribution in [1.82, 2.24) is 14.7 Å². The van der Waals surface area contributed by atoms with Crippen molar-refractivity contribution >= 4 is 34.6 Å². The van der Waals surface area contributed by atoms with Gasteiger partial charge < -0.3 is 20.1 Å². The summed E-state index contributed by atoms with van der Waals surface area (Å²) in [5.74, 6) is -1.17. The maximum atomic E-state index is 11.6. The molecule has 0 atom stereocenters. The highest BCUT2D eigenvalue weighted by molar-refractivity contribution is 7.10. The Bertz CT molecular complexity index is 552. The van der Waals surface area contributed by atoms with Crippen LogP contribution >= 0.6 is 11.5 Å². The molecule has 2 amide bonds. The second-order valence-corrected chi connectivity index (χ2v) is 5.89. The minimum absolute atomic E-state index is 0.0341. The van der Waals surface area contributed by atoms with E-state index in [4.69, 9.17) is 4.74 Å². The molecule has 1 aromatic heterocycles. The number of anilines is 1. The summed E-state index contributed by atoms with van der Waals surface area (Å²) in [6.07, 6.45) is -0.559. The van der Waals surface area contributed by atoms with E-state index in [1.807, 2.05) is 0 Å². The minimum Gasteiger partial charge on any atom is -0.463 e. The van der Waals surface area contributed by atoms with Crippen LogP contribution in [-0.2, 0) is 14.3 Å². The Kier molecular flexibility index (Phi) is 6.23. The molecule has 122 valence electrons. The molecule has 0 saturated carbocycles. The van der Waals surface area contributed by atoms with E-state index in [1.165, 1.54) is 7.11 Å². The van der Waals surface area contributed by atoms with Crippen LogP contribution in [0, 0.1) is 0 Å². The smallest absolute Gasteiger partial charge is 0.407 e. The van der Waals surface area contributed by atoms with Crippen LogP contribution in [0.1, 0.15) is 37.8 Å². The zero-order valence-corrected chi connectivity index (χ0v) is 13.6. The van der Waals surface area contributed by atoms with E-state index in [0.29, 0.717) is 0 Å². The number of hydrogen-bond donors (Lipinski definition) is 2. The minimum atomic E-state index is -0.677. The van der Waals surface area contributed by atoms with Gasteiger partial charge in [0.15, 0.2) is 0 Å².